The van der Waals surface area contributed by atoms with Gasteiger partial charge in [-0.3, -0.25) is 4.90 Å². The number of nitrogens with one attached hydrogen (secondary N) is 1. The average Bonchev–Trinajstić information content (AvgIpc) is 3.08. The maximum atomic E-state index is 12.9. The van der Waals surface area contributed by atoms with Crippen LogP contribution in [-0.4, -0.2) is 65.8 Å². The molecule has 2 saturated heterocycles. The number of benzene rings is 1. The quantitative estimate of drug-likeness (QED) is 0.861. The molecule has 27 heavy (non-hydrogen) atoms. The summed E-state index contributed by atoms with van der Waals surface area (Å²) in [7, 11) is 0. The molecule has 3 unspecified atom stereocenters. The molecule has 3 atom stereocenters. The third-order valence-corrected chi connectivity index (χ3v) is 5.90. The molecule has 3 rings (SSSR count). The molecule has 0 saturated carbocycles. The van der Waals surface area contributed by atoms with Gasteiger partial charge in [0, 0.05) is 37.8 Å². The second-order valence-corrected chi connectivity index (χ2v) is 8.81. The van der Waals surface area contributed by atoms with Crippen LogP contribution in [0.15, 0.2) is 30.3 Å². The molecule has 0 bridgehead atoms. The van der Waals surface area contributed by atoms with Gasteiger partial charge in [-0.25, -0.2) is 4.79 Å². The van der Waals surface area contributed by atoms with Crippen molar-refractivity contribution in [2.24, 2.45) is 0 Å². The number of nitrogens with zero attached hydrogens (tertiary/aromatic N) is 2. The van der Waals surface area contributed by atoms with E-state index in [9.17, 15) is 4.79 Å². The summed E-state index contributed by atoms with van der Waals surface area (Å²) in [6, 6.07) is 10.9. The summed E-state index contributed by atoms with van der Waals surface area (Å²) >= 11 is 0. The number of morpholine rings is 1. The zero-order valence-electron chi connectivity index (χ0n) is 17.3. The van der Waals surface area contributed by atoms with Crippen LogP contribution < -0.4 is 5.32 Å². The highest BCUT2D eigenvalue weighted by molar-refractivity contribution is 5.75. The molecule has 150 valence electrons. The molecule has 1 N–H and O–H groups in total. The molecule has 2 aliphatic heterocycles. The van der Waals surface area contributed by atoms with Crippen LogP contribution in [0.5, 0.6) is 0 Å². The standard InChI is InChI=1S/C22H35N3O2/c1-17-14-24(15-18(2)27-17)22(3,4)16-23-21(26)25-12-8-11-20(25)13-19-9-6-5-7-10-19/h5-7,9-10,17-18,20H,8,11-16H2,1-4H3,(H,23,26). The van der Waals surface area contributed by atoms with E-state index in [4.69, 9.17) is 4.74 Å². The Kier molecular flexibility index (Phi) is 6.43. The van der Waals surface area contributed by atoms with Gasteiger partial charge in [-0.05, 0) is 52.5 Å². The molecule has 5 nitrogen and oxygen atoms in total. The Morgan fingerprint density at radius 1 is 1.19 bits per heavy atom. The second-order valence-electron chi connectivity index (χ2n) is 8.81. The molecule has 5 heteroatoms. The van der Waals surface area contributed by atoms with Crippen molar-refractivity contribution >= 4 is 6.03 Å². The van der Waals surface area contributed by atoms with Gasteiger partial charge in [0.2, 0.25) is 0 Å². The number of urea groups is 1. The molecule has 2 fully saturated rings. The van der Waals surface area contributed by atoms with Crippen molar-refractivity contribution in [3.63, 3.8) is 0 Å². The monoisotopic (exact) mass is 373 g/mol. The van der Waals surface area contributed by atoms with E-state index in [-0.39, 0.29) is 23.8 Å². The summed E-state index contributed by atoms with van der Waals surface area (Å²) in [5, 5.41) is 3.21. The Morgan fingerprint density at radius 3 is 2.52 bits per heavy atom. The van der Waals surface area contributed by atoms with Crippen LogP contribution in [-0.2, 0) is 11.2 Å². The van der Waals surface area contributed by atoms with Crippen LogP contribution in [0.3, 0.4) is 0 Å². The maximum Gasteiger partial charge on any atom is 0.317 e. The van der Waals surface area contributed by atoms with Crippen LogP contribution in [0, 0.1) is 0 Å². The van der Waals surface area contributed by atoms with Crippen molar-refractivity contribution in [2.45, 2.75) is 70.7 Å². The fourth-order valence-corrected chi connectivity index (χ4v) is 4.38. The highest BCUT2D eigenvalue weighted by atomic mass is 16.5. The molecule has 0 spiro atoms. The van der Waals surface area contributed by atoms with Crippen LogP contribution in [0.4, 0.5) is 4.79 Å². The van der Waals surface area contributed by atoms with Crippen molar-refractivity contribution in [1.29, 1.82) is 0 Å². The number of carbonyl (C=O) groups excluding carboxylic acids is 1. The van der Waals surface area contributed by atoms with E-state index in [1.165, 1.54) is 5.56 Å². The highest BCUT2D eigenvalue weighted by Gasteiger charge is 2.35. The first-order chi connectivity index (χ1) is 12.8. The summed E-state index contributed by atoms with van der Waals surface area (Å²) in [6.45, 7) is 12.0. The highest BCUT2D eigenvalue weighted by Crippen LogP contribution is 2.23. The number of carbonyl (C=O) groups is 1. The summed E-state index contributed by atoms with van der Waals surface area (Å²) in [4.78, 5) is 17.4. The van der Waals surface area contributed by atoms with Crippen LogP contribution in [0.2, 0.25) is 0 Å². The first-order valence-corrected chi connectivity index (χ1v) is 10.3. The molecule has 2 aliphatic rings. The number of hydrogen-bond acceptors (Lipinski definition) is 3. The van der Waals surface area contributed by atoms with E-state index >= 15 is 0 Å². The molecule has 0 aliphatic carbocycles. The molecular formula is C22H35N3O2. The van der Waals surface area contributed by atoms with E-state index in [2.05, 4.69) is 62.2 Å². The fourth-order valence-electron chi connectivity index (χ4n) is 4.38. The van der Waals surface area contributed by atoms with Crippen LogP contribution in [0.1, 0.15) is 46.1 Å². The third kappa shape index (κ3) is 5.23. The van der Waals surface area contributed by atoms with Crippen molar-refractivity contribution in [1.82, 2.24) is 15.1 Å². The molecular weight excluding hydrogens is 338 g/mol. The van der Waals surface area contributed by atoms with Crippen molar-refractivity contribution in [2.75, 3.05) is 26.2 Å². The third-order valence-electron chi connectivity index (χ3n) is 5.90. The van der Waals surface area contributed by atoms with Crippen LogP contribution in [0.25, 0.3) is 0 Å². The SMILES string of the molecule is CC1CN(C(C)(C)CNC(=O)N2CCCC2Cc2ccccc2)CC(C)O1. The Labute approximate surface area is 164 Å². The number of rotatable bonds is 5. The first-order valence-electron chi connectivity index (χ1n) is 10.3. The molecule has 1 aromatic carbocycles. The van der Waals surface area contributed by atoms with Gasteiger partial charge in [-0.15, -0.1) is 0 Å². The van der Waals surface area contributed by atoms with Gasteiger partial charge < -0.3 is 15.0 Å². The fraction of sp³-hybridized carbons (Fsp3) is 0.682. The van der Waals surface area contributed by atoms with Gasteiger partial charge in [-0.2, -0.15) is 0 Å². The predicted octanol–water partition coefficient (Wildman–Crippen LogP) is 3.29. The van der Waals surface area contributed by atoms with Crippen molar-refractivity contribution < 1.29 is 9.53 Å². The summed E-state index contributed by atoms with van der Waals surface area (Å²) < 4.78 is 5.85. The lowest BCUT2D eigenvalue weighted by atomic mass is 10.00. The minimum absolute atomic E-state index is 0.0795. The summed E-state index contributed by atoms with van der Waals surface area (Å²) in [6.07, 6.45) is 3.59. The minimum Gasteiger partial charge on any atom is -0.373 e. The molecule has 1 aromatic rings. The molecule has 0 radical (unpaired) electrons. The lowest BCUT2D eigenvalue weighted by molar-refractivity contribution is -0.0948. The Bertz CT molecular complexity index is 609. The smallest absolute Gasteiger partial charge is 0.317 e. The average molecular weight is 374 g/mol. The largest absolute Gasteiger partial charge is 0.373 e. The van der Waals surface area contributed by atoms with Gasteiger partial charge in [0.1, 0.15) is 0 Å². The normalized spacial score (nSPS) is 27.0. The van der Waals surface area contributed by atoms with E-state index in [0.717, 1.165) is 38.9 Å². The number of likely N-dealkylation sites (tertiary alicyclic amines) is 1. The predicted molar refractivity (Wildman–Crippen MR) is 109 cm³/mol. The van der Waals surface area contributed by atoms with Gasteiger partial charge >= 0.3 is 6.03 Å². The maximum absolute atomic E-state index is 12.9. The molecule has 2 heterocycles. The second kappa shape index (κ2) is 8.61. The molecule has 2 amide bonds. The van der Waals surface area contributed by atoms with Crippen LogP contribution >= 0.6 is 0 Å². The van der Waals surface area contributed by atoms with E-state index in [1.54, 1.807) is 0 Å². The van der Waals surface area contributed by atoms with Crippen molar-refractivity contribution in [3.05, 3.63) is 35.9 Å². The Morgan fingerprint density at radius 2 is 1.85 bits per heavy atom. The number of amides is 2. The zero-order valence-corrected chi connectivity index (χ0v) is 17.3. The first kappa shape index (κ1) is 20.2. The zero-order chi connectivity index (χ0) is 19.4. The Balaban J connectivity index is 1.54. The van der Waals surface area contributed by atoms with Crippen molar-refractivity contribution in [3.8, 4) is 0 Å². The van der Waals surface area contributed by atoms with E-state index in [1.807, 2.05) is 11.0 Å². The Hall–Kier alpha value is -1.59. The van der Waals surface area contributed by atoms with Gasteiger partial charge in [-0.1, -0.05) is 30.3 Å². The topological polar surface area (TPSA) is 44.8 Å². The van der Waals surface area contributed by atoms with E-state index < -0.39 is 0 Å². The minimum atomic E-state index is -0.0867. The van der Waals surface area contributed by atoms with Gasteiger partial charge in [0.15, 0.2) is 0 Å². The lowest BCUT2D eigenvalue weighted by Crippen LogP contribution is -2.59. The lowest BCUT2D eigenvalue weighted by Gasteiger charge is -2.45. The summed E-state index contributed by atoms with van der Waals surface area (Å²) in [5.74, 6) is 0. The number of hydrogen-bond donors (Lipinski definition) is 1. The number of ether oxygens (including phenoxy) is 1. The molecule has 0 aromatic heterocycles. The summed E-state index contributed by atoms with van der Waals surface area (Å²) in [5.41, 5.74) is 1.22. The van der Waals surface area contributed by atoms with Gasteiger partial charge in [0.25, 0.3) is 0 Å². The van der Waals surface area contributed by atoms with E-state index in [0.29, 0.717) is 12.6 Å². The van der Waals surface area contributed by atoms with Gasteiger partial charge in [0.05, 0.1) is 12.2 Å².